The molecule has 0 unspecified atom stereocenters. The van der Waals surface area contributed by atoms with Crippen LogP contribution >= 0.6 is 11.8 Å². The highest BCUT2D eigenvalue weighted by molar-refractivity contribution is 8.18. The topological polar surface area (TPSA) is 41.9 Å². The number of amidine groups is 1. The van der Waals surface area contributed by atoms with E-state index in [-0.39, 0.29) is 12.0 Å². The largest absolute Gasteiger partial charge is 0.490 e. The Morgan fingerprint density at radius 1 is 1.04 bits per heavy atom. The number of thioether (sulfide) groups is 1. The number of aliphatic imine (C=N–C) groups is 1. The predicted octanol–water partition coefficient (Wildman–Crippen LogP) is 5.73. The number of amides is 1. The van der Waals surface area contributed by atoms with Gasteiger partial charge in [0.15, 0.2) is 5.17 Å². The van der Waals surface area contributed by atoms with Gasteiger partial charge in [-0.3, -0.25) is 9.69 Å². The highest BCUT2D eigenvalue weighted by Crippen LogP contribution is 2.36. The van der Waals surface area contributed by atoms with Crippen molar-refractivity contribution in [2.75, 3.05) is 6.54 Å². The van der Waals surface area contributed by atoms with E-state index >= 15 is 0 Å². The fraction of sp³-hybridized carbons (Fsp3) is 0.304. The Bertz CT molecular complexity index is 888. The van der Waals surface area contributed by atoms with Crippen molar-refractivity contribution in [2.24, 2.45) is 10.9 Å². The van der Waals surface area contributed by atoms with Crippen molar-refractivity contribution < 1.29 is 9.53 Å². The number of hydrogen-bond acceptors (Lipinski definition) is 4. The lowest BCUT2D eigenvalue weighted by atomic mass is 10.1. The summed E-state index contributed by atoms with van der Waals surface area (Å²) in [6, 6.07) is 17.5. The van der Waals surface area contributed by atoms with Crippen LogP contribution in [-0.4, -0.2) is 28.6 Å². The van der Waals surface area contributed by atoms with Crippen molar-refractivity contribution in [3.05, 3.63) is 65.1 Å². The van der Waals surface area contributed by atoms with Crippen molar-refractivity contribution >= 4 is 34.6 Å². The fourth-order valence-electron chi connectivity index (χ4n) is 2.83. The molecule has 3 rings (SSSR count). The Balaban J connectivity index is 1.96. The summed E-state index contributed by atoms with van der Waals surface area (Å²) in [5.41, 5.74) is 1.74. The summed E-state index contributed by atoms with van der Waals surface area (Å²) in [7, 11) is 0. The molecule has 1 aliphatic heterocycles. The van der Waals surface area contributed by atoms with Crippen LogP contribution in [0.5, 0.6) is 5.75 Å². The zero-order valence-corrected chi connectivity index (χ0v) is 17.6. The average molecular weight is 395 g/mol. The Kier molecular flexibility index (Phi) is 6.57. The molecule has 0 saturated carbocycles. The summed E-state index contributed by atoms with van der Waals surface area (Å²) >= 11 is 1.42. The number of carbonyl (C=O) groups excluding carboxylic acids is 1. The summed E-state index contributed by atoms with van der Waals surface area (Å²) in [6.07, 6.45) is 1.98. The molecule has 1 amide bonds. The molecule has 146 valence electrons. The third kappa shape index (κ3) is 5.04. The van der Waals surface area contributed by atoms with Gasteiger partial charge in [-0.25, -0.2) is 4.99 Å². The van der Waals surface area contributed by atoms with Gasteiger partial charge in [0.25, 0.3) is 5.91 Å². The van der Waals surface area contributed by atoms with Gasteiger partial charge in [-0.1, -0.05) is 50.2 Å². The van der Waals surface area contributed by atoms with Crippen LogP contribution in [0.4, 0.5) is 5.69 Å². The molecular weight excluding hydrogens is 368 g/mol. The van der Waals surface area contributed by atoms with Crippen molar-refractivity contribution in [3.8, 4) is 5.75 Å². The Morgan fingerprint density at radius 2 is 1.71 bits per heavy atom. The Labute approximate surface area is 171 Å². The molecule has 0 N–H and O–H groups in total. The molecule has 0 spiro atoms. The summed E-state index contributed by atoms with van der Waals surface area (Å²) in [6.45, 7) is 8.83. The quantitative estimate of drug-likeness (QED) is 0.587. The predicted molar refractivity (Wildman–Crippen MR) is 118 cm³/mol. The number of para-hydroxylation sites is 2. The smallest absolute Gasteiger partial charge is 0.266 e. The summed E-state index contributed by atoms with van der Waals surface area (Å²) in [5, 5.41) is 0.721. The van der Waals surface area contributed by atoms with Crippen molar-refractivity contribution in [2.45, 2.75) is 33.8 Å². The first kappa shape index (κ1) is 20.2. The van der Waals surface area contributed by atoms with Crippen molar-refractivity contribution in [3.63, 3.8) is 0 Å². The van der Waals surface area contributed by atoms with Crippen LogP contribution in [0.3, 0.4) is 0 Å². The molecule has 0 aromatic heterocycles. The Morgan fingerprint density at radius 3 is 2.39 bits per heavy atom. The first-order chi connectivity index (χ1) is 13.4. The van der Waals surface area contributed by atoms with Gasteiger partial charge in [0.05, 0.1) is 16.7 Å². The van der Waals surface area contributed by atoms with Gasteiger partial charge >= 0.3 is 0 Å². The van der Waals surface area contributed by atoms with Gasteiger partial charge in [0, 0.05) is 12.1 Å². The molecule has 2 aromatic carbocycles. The molecule has 5 heteroatoms. The van der Waals surface area contributed by atoms with Crippen LogP contribution in [0.1, 0.15) is 33.3 Å². The molecule has 1 saturated heterocycles. The second kappa shape index (κ2) is 9.11. The van der Waals surface area contributed by atoms with Crippen molar-refractivity contribution in [1.29, 1.82) is 0 Å². The molecule has 0 atom stereocenters. The van der Waals surface area contributed by atoms with E-state index in [0.717, 1.165) is 22.2 Å². The van der Waals surface area contributed by atoms with E-state index in [1.165, 1.54) is 11.8 Å². The molecule has 1 aliphatic rings. The van der Waals surface area contributed by atoms with E-state index in [2.05, 4.69) is 13.8 Å². The lowest BCUT2D eigenvalue weighted by Crippen LogP contribution is -2.32. The van der Waals surface area contributed by atoms with Crippen LogP contribution in [0.15, 0.2) is 64.5 Å². The van der Waals surface area contributed by atoms with Crippen LogP contribution in [0, 0.1) is 5.92 Å². The minimum atomic E-state index is -0.00673. The van der Waals surface area contributed by atoms with E-state index in [9.17, 15) is 4.79 Å². The number of hydrogen-bond donors (Lipinski definition) is 0. The monoisotopic (exact) mass is 394 g/mol. The van der Waals surface area contributed by atoms with E-state index < -0.39 is 0 Å². The summed E-state index contributed by atoms with van der Waals surface area (Å²) in [5.74, 6) is 1.12. The molecule has 0 radical (unpaired) electrons. The zero-order valence-electron chi connectivity index (χ0n) is 16.8. The number of rotatable bonds is 6. The number of nitrogens with zero attached hydrogens (tertiary/aromatic N) is 2. The van der Waals surface area contributed by atoms with E-state index in [1.54, 1.807) is 4.90 Å². The number of carbonyl (C=O) groups is 1. The third-order valence-corrected chi connectivity index (χ3v) is 4.99. The molecule has 0 bridgehead atoms. The molecule has 4 nitrogen and oxygen atoms in total. The van der Waals surface area contributed by atoms with Crippen LogP contribution in [-0.2, 0) is 4.79 Å². The standard InChI is InChI=1S/C23H26N2O2S/c1-16(2)15-25-22(26)21(28-23(25)24-19-11-6-5-7-12-19)14-18-10-8-9-13-20(18)27-17(3)4/h5-14,16-17H,15H2,1-4H3/b21-14+,24-23?. The lowest BCUT2D eigenvalue weighted by molar-refractivity contribution is -0.122. The minimum absolute atomic E-state index is 0.00673. The van der Waals surface area contributed by atoms with Gasteiger partial charge in [-0.2, -0.15) is 0 Å². The van der Waals surface area contributed by atoms with Gasteiger partial charge in [-0.05, 0) is 55.8 Å². The maximum absolute atomic E-state index is 13.1. The van der Waals surface area contributed by atoms with Crippen molar-refractivity contribution in [1.82, 2.24) is 4.90 Å². The Hall–Kier alpha value is -2.53. The van der Waals surface area contributed by atoms with Crippen LogP contribution < -0.4 is 4.74 Å². The zero-order chi connectivity index (χ0) is 20.1. The minimum Gasteiger partial charge on any atom is -0.490 e. The SMILES string of the molecule is CC(C)CN1C(=O)/C(=C\c2ccccc2OC(C)C)SC1=Nc1ccccc1. The molecule has 0 aliphatic carbocycles. The first-order valence-corrected chi connectivity index (χ1v) is 10.4. The number of ether oxygens (including phenoxy) is 1. The summed E-state index contributed by atoms with van der Waals surface area (Å²) < 4.78 is 5.90. The first-order valence-electron chi connectivity index (χ1n) is 9.55. The number of benzene rings is 2. The maximum atomic E-state index is 13.1. The van der Waals surface area contributed by atoms with Gasteiger partial charge in [0.1, 0.15) is 5.75 Å². The second-order valence-corrected chi connectivity index (χ2v) is 8.36. The average Bonchev–Trinajstić information content (AvgIpc) is 2.92. The molecular formula is C23H26N2O2S. The second-order valence-electron chi connectivity index (χ2n) is 7.35. The van der Waals surface area contributed by atoms with Crippen LogP contribution in [0.25, 0.3) is 6.08 Å². The fourth-order valence-corrected chi connectivity index (χ4v) is 3.83. The lowest BCUT2D eigenvalue weighted by Gasteiger charge is -2.17. The van der Waals surface area contributed by atoms with Gasteiger partial charge in [-0.15, -0.1) is 0 Å². The summed E-state index contributed by atoms with van der Waals surface area (Å²) in [4.78, 5) is 20.3. The highest BCUT2D eigenvalue weighted by atomic mass is 32.2. The normalized spacial score (nSPS) is 17.4. The van der Waals surface area contributed by atoms with E-state index in [4.69, 9.17) is 9.73 Å². The highest BCUT2D eigenvalue weighted by Gasteiger charge is 2.33. The molecule has 1 fully saturated rings. The van der Waals surface area contributed by atoms with E-state index in [0.29, 0.717) is 17.4 Å². The maximum Gasteiger partial charge on any atom is 0.266 e. The van der Waals surface area contributed by atoms with Crippen LogP contribution in [0.2, 0.25) is 0 Å². The third-order valence-electron chi connectivity index (χ3n) is 3.99. The molecule has 1 heterocycles. The molecule has 2 aromatic rings. The molecule has 28 heavy (non-hydrogen) atoms. The van der Waals surface area contributed by atoms with Gasteiger partial charge in [0.2, 0.25) is 0 Å². The van der Waals surface area contributed by atoms with Gasteiger partial charge < -0.3 is 4.74 Å². The van der Waals surface area contributed by atoms with E-state index in [1.807, 2.05) is 74.5 Å².